The fourth-order valence-electron chi connectivity index (χ4n) is 0.208. The van der Waals surface area contributed by atoms with Crippen LogP contribution >= 0.6 is 11.8 Å². The van der Waals surface area contributed by atoms with E-state index in [0.717, 1.165) is 5.70 Å². The molecule has 0 aromatic carbocycles. The summed E-state index contributed by atoms with van der Waals surface area (Å²) in [7, 11) is 0. The summed E-state index contributed by atoms with van der Waals surface area (Å²) in [5.41, 5.74) is 0.979. The van der Waals surface area contributed by atoms with E-state index < -0.39 is 0 Å². The van der Waals surface area contributed by atoms with Crippen molar-refractivity contribution in [3.8, 4) is 0 Å². The van der Waals surface area contributed by atoms with E-state index in [1.54, 1.807) is 11.8 Å². The summed E-state index contributed by atoms with van der Waals surface area (Å²) in [5, 5.41) is 1.95. The lowest BCUT2D eigenvalue weighted by Gasteiger charge is -1.82. The van der Waals surface area contributed by atoms with Gasteiger partial charge in [0.2, 0.25) is 0 Å². The van der Waals surface area contributed by atoms with E-state index in [-0.39, 0.29) is 0 Å². The molecule has 40 valence electrons. The first-order valence-corrected chi connectivity index (χ1v) is 3.26. The molecule has 0 aliphatic rings. The molecule has 0 saturated heterocycles. The van der Waals surface area contributed by atoms with Gasteiger partial charge in [0.15, 0.2) is 0 Å². The van der Waals surface area contributed by atoms with Crippen molar-refractivity contribution in [2.75, 3.05) is 6.26 Å². The van der Waals surface area contributed by atoms with Crippen LogP contribution in [0.4, 0.5) is 0 Å². The average molecular weight is 115 g/mol. The number of aliphatic imine (C=N–C) groups is 1. The predicted octanol–water partition coefficient (Wildman–Crippen LogP) is 1.91. The maximum Gasteiger partial charge on any atom is 0.0428 e. The van der Waals surface area contributed by atoms with Crippen LogP contribution in [-0.2, 0) is 0 Å². The highest BCUT2D eigenvalue weighted by molar-refractivity contribution is 8.01. The molecule has 0 aromatic rings. The molecule has 0 fully saturated rings. The van der Waals surface area contributed by atoms with Crippen molar-refractivity contribution in [3.63, 3.8) is 0 Å². The minimum Gasteiger partial charge on any atom is -0.269 e. The van der Waals surface area contributed by atoms with Crippen molar-refractivity contribution in [3.05, 3.63) is 11.1 Å². The number of allylic oxidation sites excluding steroid dienone is 1. The van der Waals surface area contributed by atoms with Gasteiger partial charge in [0.25, 0.3) is 0 Å². The third-order valence-corrected chi connectivity index (χ3v) is 1.11. The number of rotatable bonds is 2. The Hall–Kier alpha value is -0.240. The van der Waals surface area contributed by atoms with Gasteiger partial charge in [-0.15, -0.1) is 11.8 Å². The number of hydrogen-bond acceptors (Lipinski definition) is 2. The average Bonchev–Trinajstić information content (AvgIpc) is 1.68. The second kappa shape index (κ2) is 3.93. The lowest BCUT2D eigenvalue weighted by molar-refractivity contribution is 1.34. The van der Waals surface area contributed by atoms with Crippen molar-refractivity contribution in [2.24, 2.45) is 4.99 Å². The Morgan fingerprint density at radius 1 is 1.86 bits per heavy atom. The zero-order valence-electron chi connectivity index (χ0n) is 4.64. The zero-order chi connectivity index (χ0) is 5.70. The van der Waals surface area contributed by atoms with Crippen molar-refractivity contribution < 1.29 is 0 Å². The summed E-state index contributed by atoms with van der Waals surface area (Å²) in [6.45, 7) is 5.27. The van der Waals surface area contributed by atoms with Crippen molar-refractivity contribution >= 4 is 18.5 Å². The molecule has 0 aliphatic heterocycles. The summed E-state index contributed by atoms with van der Waals surface area (Å²) < 4.78 is 0. The van der Waals surface area contributed by atoms with Crippen molar-refractivity contribution in [2.45, 2.75) is 6.92 Å². The monoisotopic (exact) mass is 115 g/mol. The lowest BCUT2D eigenvalue weighted by atomic mass is 10.6. The Labute approximate surface area is 48.5 Å². The van der Waals surface area contributed by atoms with E-state index in [1.807, 2.05) is 18.6 Å². The Balaban J connectivity index is 3.49. The number of hydrogen-bond donors (Lipinski definition) is 0. The van der Waals surface area contributed by atoms with Gasteiger partial charge in [-0.2, -0.15) is 0 Å². The second-order valence-electron chi connectivity index (χ2n) is 1.15. The van der Waals surface area contributed by atoms with Gasteiger partial charge < -0.3 is 0 Å². The Morgan fingerprint density at radius 2 is 2.43 bits per heavy atom. The summed E-state index contributed by atoms with van der Waals surface area (Å²) in [4.78, 5) is 3.67. The van der Waals surface area contributed by atoms with Crippen LogP contribution in [0.2, 0.25) is 0 Å². The summed E-state index contributed by atoms with van der Waals surface area (Å²) in [6.07, 6.45) is 1.99. The SMILES string of the molecule is C=N/C(C)=C\SC. The van der Waals surface area contributed by atoms with Gasteiger partial charge in [-0.25, -0.2) is 0 Å². The molecule has 0 radical (unpaired) electrons. The Morgan fingerprint density at radius 3 is 2.57 bits per heavy atom. The molecule has 0 amide bonds. The van der Waals surface area contributed by atoms with Crippen LogP contribution in [0, 0.1) is 0 Å². The van der Waals surface area contributed by atoms with Crippen LogP contribution in [-0.4, -0.2) is 13.0 Å². The first kappa shape index (κ1) is 6.76. The van der Waals surface area contributed by atoms with Crippen LogP contribution in [0.1, 0.15) is 6.92 Å². The normalized spacial score (nSPS) is 11.4. The molecular formula is C5H9NS. The molecule has 0 aliphatic carbocycles. The van der Waals surface area contributed by atoms with Crippen LogP contribution in [0.15, 0.2) is 16.1 Å². The maximum absolute atomic E-state index is 3.67. The molecule has 0 N–H and O–H groups in total. The van der Waals surface area contributed by atoms with Crippen LogP contribution in [0.25, 0.3) is 0 Å². The van der Waals surface area contributed by atoms with Gasteiger partial charge in [0.1, 0.15) is 0 Å². The molecule has 0 unspecified atom stereocenters. The van der Waals surface area contributed by atoms with E-state index in [9.17, 15) is 0 Å². The van der Waals surface area contributed by atoms with E-state index in [1.165, 1.54) is 0 Å². The smallest absolute Gasteiger partial charge is 0.0428 e. The molecule has 0 bridgehead atoms. The largest absolute Gasteiger partial charge is 0.269 e. The highest BCUT2D eigenvalue weighted by Gasteiger charge is 1.73. The standard InChI is InChI=1S/C5H9NS/c1-5(6-2)4-7-3/h4H,2H2,1,3H3/b5-4-. The zero-order valence-corrected chi connectivity index (χ0v) is 5.46. The van der Waals surface area contributed by atoms with Gasteiger partial charge in [-0.05, 0) is 25.3 Å². The van der Waals surface area contributed by atoms with Gasteiger partial charge >= 0.3 is 0 Å². The van der Waals surface area contributed by atoms with E-state index in [2.05, 4.69) is 11.7 Å². The maximum atomic E-state index is 3.67. The van der Waals surface area contributed by atoms with Crippen molar-refractivity contribution in [1.82, 2.24) is 0 Å². The topological polar surface area (TPSA) is 12.4 Å². The molecule has 2 heteroatoms. The molecule has 7 heavy (non-hydrogen) atoms. The molecule has 0 heterocycles. The third kappa shape index (κ3) is 3.59. The molecule has 0 atom stereocenters. The van der Waals surface area contributed by atoms with Crippen LogP contribution in [0.5, 0.6) is 0 Å². The first-order valence-electron chi connectivity index (χ1n) is 1.97. The molecule has 1 nitrogen and oxygen atoms in total. The molecular weight excluding hydrogens is 106 g/mol. The first-order chi connectivity index (χ1) is 3.31. The third-order valence-electron chi connectivity index (χ3n) is 0.538. The molecule has 0 spiro atoms. The summed E-state index contributed by atoms with van der Waals surface area (Å²) in [6, 6.07) is 0. The quantitative estimate of drug-likeness (QED) is 0.501. The molecule has 0 rings (SSSR count). The highest BCUT2D eigenvalue weighted by atomic mass is 32.2. The van der Waals surface area contributed by atoms with Crippen LogP contribution < -0.4 is 0 Å². The molecule has 0 saturated carbocycles. The lowest BCUT2D eigenvalue weighted by Crippen LogP contribution is -1.59. The van der Waals surface area contributed by atoms with Gasteiger partial charge in [0.05, 0.1) is 0 Å². The summed E-state index contributed by atoms with van der Waals surface area (Å²) >= 11 is 1.64. The number of thioether (sulfide) groups is 1. The Bertz CT molecular complexity index is 86.1. The fraction of sp³-hybridized carbons (Fsp3) is 0.400. The minimum absolute atomic E-state index is 0.979. The van der Waals surface area contributed by atoms with Gasteiger partial charge in [0, 0.05) is 5.70 Å². The molecule has 0 aromatic heterocycles. The predicted molar refractivity (Wildman–Crippen MR) is 36.8 cm³/mol. The number of nitrogens with zero attached hydrogens (tertiary/aromatic N) is 1. The van der Waals surface area contributed by atoms with Gasteiger partial charge in [-0.3, -0.25) is 4.99 Å². The second-order valence-corrected chi connectivity index (χ2v) is 1.86. The van der Waals surface area contributed by atoms with Gasteiger partial charge in [-0.1, -0.05) is 0 Å². The van der Waals surface area contributed by atoms with Crippen molar-refractivity contribution in [1.29, 1.82) is 0 Å². The fourth-order valence-corrected chi connectivity index (χ4v) is 0.623. The minimum atomic E-state index is 0.979. The van der Waals surface area contributed by atoms with E-state index >= 15 is 0 Å². The van der Waals surface area contributed by atoms with Crippen LogP contribution in [0.3, 0.4) is 0 Å². The Kier molecular flexibility index (Phi) is 3.80. The highest BCUT2D eigenvalue weighted by Crippen LogP contribution is 2.00. The summed E-state index contributed by atoms with van der Waals surface area (Å²) in [5.74, 6) is 0. The van der Waals surface area contributed by atoms with E-state index in [0.29, 0.717) is 0 Å². The van der Waals surface area contributed by atoms with E-state index in [4.69, 9.17) is 0 Å².